The molecule has 2 fully saturated rings. The summed E-state index contributed by atoms with van der Waals surface area (Å²) in [5, 5.41) is 11.2. The lowest BCUT2D eigenvalue weighted by atomic mass is 9.69. The Morgan fingerprint density at radius 1 is 1.23 bits per heavy atom. The predicted octanol–water partition coefficient (Wildman–Crippen LogP) is 2.74. The Balaban J connectivity index is 2.11. The summed E-state index contributed by atoms with van der Waals surface area (Å²) in [5.74, 6) is 6.91. The summed E-state index contributed by atoms with van der Waals surface area (Å²) in [6.07, 6.45) is 5.70. The fraction of sp³-hybridized carbons (Fsp3) is 0.895. The van der Waals surface area contributed by atoms with Crippen molar-refractivity contribution in [3.63, 3.8) is 0 Å². The molecule has 0 bridgehead atoms. The third kappa shape index (κ3) is 3.85. The summed E-state index contributed by atoms with van der Waals surface area (Å²) in [7, 11) is 0. The van der Waals surface area contributed by atoms with Crippen LogP contribution in [0.3, 0.4) is 0 Å². The zero-order chi connectivity index (χ0) is 16.2. The number of rotatable bonds is 4. The molecule has 3 heteroatoms. The molecule has 0 radical (unpaired) electrons. The third-order valence-electron chi connectivity index (χ3n) is 5.69. The average molecular weight is 306 g/mol. The van der Waals surface area contributed by atoms with Gasteiger partial charge < -0.3 is 5.11 Å². The Morgan fingerprint density at radius 3 is 2.55 bits per heavy atom. The first-order valence-electron chi connectivity index (χ1n) is 9.22. The van der Waals surface area contributed by atoms with Crippen LogP contribution in [-0.2, 0) is 0 Å². The number of nitrogens with zero attached hydrogens (tertiary/aromatic N) is 2. The van der Waals surface area contributed by atoms with Gasteiger partial charge in [-0.25, -0.2) is 0 Å². The Bertz CT molecular complexity index is 407. The third-order valence-corrected chi connectivity index (χ3v) is 5.69. The van der Waals surface area contributed by atoms with Crippen LogP contribution in [0.15, 0.2) is 0 Å². The topological polar surface area (TPSA) is 26.7 Å². The molecule has 1 saturated carbocycles. The van der Waals surface area contributed by atoms with Crippen LogP contribution in [0.2, 0.25) is 0 Å². The first kappa shape index (κ1) is 17.8. The van der Waals surface area contributed by atoms with Crippen LogP contribution in [0.5, 0.6) is 0 Å². The second-order valence-corrected chi connectivity index (χ2v) is 7.23. The minimum Gasteiger partial charge on any atom is -0.377 e. The van der Waals surface area contributed by atoms with E-state index in [-0.39, 0.29) is 0 Å². The number of likely N-dealkylation sites (tertiary alicyclic amines) is 1. The number of hydrogen-bond donors (Lipinski definition) is 1. The first-order valence-corrected chi connectivity index (χ1v) is 9.22. The van der Waals surface area contributed by atoms with Gasteiger partial charge in [0.25, 0.3) is 0 Å². The SMILES string of the molecule is CCN(CC)CC#C[C@]1(O)CCN(C(C)C)[C@H]2CCCC[C@@H]21. The molecule has 2 rings (SSSR count). The zero-order valence-corrected chi connectivity index (χ0v) is 14.9. The van der Waals surface area contributed by atoms with Gasteiger partial charge in [0.1, 0.15) is 5.60 Å². The predicted molar refractivity (Wildman–Crippen MR) is 92.7 cm³/mol. The van der Waals surface area contributed by atoms with Gasteiger partial charge in [-0.05, 0) is 39.8 Å². The van der Waals surface area contributed by atoms with E-state index in [4.69, 9.17) is 0 Å². The van der Waals surface area contributed by atoms with E-state index in [1.54, 1.807) is 0 Å². The van der Waals surface area contributed by atoms with Gasteiger partial charge >= 0.3 is 0 Å². The maximum absolute atomic E-state index is 11.2. The van der Waals surface area contributed by atoms with Crippen molar-refractivity contribution in [2.75, 3.05) is 26.2 Å². The summed E-state index contributed by atoms with van der Waals surface area (Å²) in [6.45, 7) is 12.7. The van der Waals surface area contributed by atoms with Crippen molar-refractivity contribution >= 4 is 0 Å². The van der Waals surface area contributed by atoms with Crippen molar-refractivity contribution in [2.45, 2.75) is 77.5 Å². The van der Waals surface area contributed by atoms with Crippen LogP contribution < -0.4 is 0 Å². The molecule has 1 aliphatic heterocycles. The van der Waals surface area contributed by atoms with E-state index in [2.05, 4.69) is 49.3 Å². The lowest BCUT2D eigenvalue weighted by molar-refractivity contribution is -0.0871. The van der Waals surface area contributed by atoms with Gasteiger partial charge in [-0.1, -0.05) is 38.5 Å². The summed E-state index contributed by atoms with van der Waals surface area (Å²) in [6, 6.07) is 1.09. The second kappa shape index (κ2) is 7.81. The van der Waals surface area contributed by atoms with Gasteiger partial charge in [0.15, 0.2) is 0 Å². The van der Waals surface area contributed by atoms with Crippen molar-refractivity contribution in [2.24, 2.45) is 5.92 Å². The largest absolute Gasteiger partial charge is 0.377 e. The molecule has 1 aliphatic carbocycles. The first-order chi connectivity index (χ1) is 10.5. The van der Waals surface area contributed by atoms with Gasteiger partial charge in [0, 0.05) is 31.0 Å². The second-order valence-electron chi connectivity index (χ2n) is 7.23. The highest BCUT2D eigenvalue weighted by atomic mass is 16.3. The Hall–Kier alpha value is -0.560. The number of piperidine rings is 1. The standard InChI is InChI=1S/C19H34N2O/c1-5-20(6-2)14-9-12-19(22)13-15-21(16(3)4)18-11-8-7-10-17(18)19/h16-18,22H,5-8,10-11,13-15H2,1-4H3/t17-,18-,19-/m0/s1. The van der Waals surface area contributed by atoms with Crippen LogP contribution in [-0.4, -0.2) is 58.8 Å². The Morgan fingerprint density at radius 2 is 1.91 bits per heavy atom. The fourth-order valence-electron chi connectivity index (χ4n) is 4.26. The van der Waals surface area contributed by atoms with Crippen molar-refractivity contribution in [1.29, 1.82) is 0 Å². The van der Waals surface area contributed by atoms with Crippen LogP contribution >= 0.6 is 0 Å². The molecular weight excluding hydrogens is 272 g/mol. The number of fused-ring (bicyclic) bond motifs is 1. The highest BCUT2D eigenvalue weighted by Crippen LogP contribution is 2.41. The van der Waals surface area contributed by atoms with Crippen LogP contribution in [0.4, 0.5) is 0 Å². The van der Waals surface area contributed by atoms with E-state index in [0.29, 0.717) is 18.0 Å². The van der Waals surface area contributed by atoms with Crippen molar-refractivity contribution in [3.05, 3.63) is 0 Å². The highest BCUT2D eigenvalue weighted by Gasteiger charge is 2.47. The Labute approximate surface area is 137 Å². The quantitative estimate of drug-likeness (QED) is 0.809. The van der Waals surface area contributed by atoms with Gasteiger partial charge in [0.05, 0.1) is 6.54 Å². The Kier molecular flexibility index (Phi) is 6.32. The molecular formula is C19H34N2O. The molecule has 1 heterocycles. The van der Waals surface area contributed by atoms with E-state index < -0.39 is 5.60 Å². The zero-order valence-electron chi connectivity index (χ0n) is 14.9. The minimum absolute atomic E-state index is 0.335. The maximum atomic E-state index is 11.2. The minimum atomic E-state index is -0.760. The van der Waals surface area contributed by atoms with Crippen LogP contribution in [0.1, 0.15) is 59.8 Å². The lowest BCUT2D eigenvalue weighted by Crippen LogP contribution is -2.60. The van der Waals surface area contributed by atoms with E-state index in [0.717, 1.165) is 39.0 Å². The van der Waals surface area contributed by atoms with Gasteiger partial charge in [-0.2, -0.15) is 0 Å². The van der Waals surface area contributed by atoms with Gasteiger partial charge in [-0.3, -0.25) is 9.80 Å². The van der Waals surface area contributed by atoms with E-state index in [1.807, 2.05) is 0 Å². The van der Waals surface area contributed by atoms with E-state index in [1.165, 1.54) is 19.3 Å². The summed E-state index contributed by atoms with van der Waals surface area (Å²) in [4.78, 5) is 4.91. The normalized spacial score (nSPS) is 32.7. The highest BCUT2D eigenvalue weighted by molar-refractivity contribution is 5.21. The van der Waals surface area contributed by atoms with Crippen LogP contribution in [0, 0.1) is 17.8 Å². The molecule has 1 N–H and O–H groups in total. The van der Waals surface area contributed by atoms with E-state index >= 15 is 0 Å². The van der Waals surface area contributed by atoms with Crippen LogP contribution in [0.25, 0.3) is 0 Å². The summed E-state index contributed by atoms with van der Waals surface area (Å²) in [5.41, 5.74) is -0.760. The fourth-order valence-corrected chi connectivity index (χ4v) is 4.26. The molecule has 0 aromatic heterocycles. The molecule has 0 spiro atoms. The molecule has 126 valence electrons. The van der Waals surface area contributed by atoms with E-state index in [9.17, 15) is 5.11 Å². The van der Waals surface area contributed by atoms with Gasteiger partial charge in [-0.15, -0.1) is 0 Å². The molecule has 3 nitrogen and oxygen atoms in total. The number of aliphatic hydroxyl groups is 1. The average Bonchev–Trinajstić information content (AvgIpc) is 2.52. The molecule has 0 aromatic rings. The smallest absolute Gasteiger partial charge is 0.131 e. The molecule has 22 heavy (non-hydrogen) atoms. The maximum Gasteiger partial charge on any atom is 0.131 e. The lowest BCUT2D eigenvalue weighted by Gasteiger charge is -2.52. The van der Waals surface area contributed by atoms with Crippen molar-refractivity contribution < 1.29 is 5.11 Å². The molecule has 2 aliphatic rings. The molecule has 0 aromatic carbocycles. The van der Waals surface area contributed by atoms with Crippen molar-refractivity contribution in [1.82, 2.24) is 9.80 Å². The molecule has 0 unspecified atom stereocenters. The monoisotopic (exact) mass is 306 g/mol. The molecule has 3 atom stereocenters. The number of hydrogen-bond acceptors (Lipinski definition) is 3. The molecule has 1 saturated heterocycles. The summed E-state index contributed by atoms with van der Waals surface area (Å²) >= 11 is 0. The van der Waals surface area contributed by atoms with Gasteiger partial charge in [0.2, 0.25) is 0 Å². The van der Waals surface area contributed by atoms with Crippen molar-refractivity contribution in [3.8, 4) is 11.8 Å². The molecule has 0 amide bonds. The summed E-state index contributed by atoms with van der Waals surface area (Å²) < 4.78 is 0.